The van der Waals surface area contributed by atoms with Crippen molar-refractivity contribution in [1.29, 1.82) is 0 Å². The van der Waals surface area contributed by atoms with Gasteiger partial charge in [0.1, 0.15) is 17.5 Å². The molecule has 0 radical (unpaired) electrons. The second-order valence-electron chi connectivity index (χ2n) is 8.20. The molecular formula is C27H32N2O5S. The maximum atomic E-state index is 13.3. The highest BCUT2D eigenvalue weighted by Gasteiger charge is 2.28. The van der Waals surface area contributed by atoms with Gasteiger partial charge in [-0.05, 0) is 62.6 Å². The number of hydrogen-bond acceptors (Lipinski definition) is 5. The molecule has 3 aromatic rings. The Balaban J connectivity index is 1.86. The second-order valence-corrected chi connectivity index (χ2v) is 9.91. The van der Waals surface area contributed by atoms with Gasteiger partial charge in [-0.1, -0.05) is 48.5 Å². The molecule has 7 nitrogen and oxygen atoms in total. The molecule has 0 saturated carbocycles. The molecule has 0 aliphatic heterocycles. The Morgan fingerprint density at radius 2 is 1.66 bits per heavy atom. The van der Waals surface area contributed by atoms with Crippen LogP contribution in [0.4, 0.5) is 0 Å². The third kappa shape index (κ3) is 6.83. The van der Waals surface area contributed by atoms with Crippen LogP contribution in [-0.4, -0.2) is 34.1 Å². The first-order valence-electron chi connectivity index (χ1n) is 11.5. The summed E-state index contributed by atoms with van der Waals surface area (Å²) in [6.07, 6.45) is 0.195. The molecule has 0 aliphatic carbocycles. The van der Waals surface area contributed by atoms with E-state index < -0.39 is 28.0 Å². The van der Waals surface area contributed by atoms with Crippen LogP contribution in [0.25, 0.3) is 0 Å². The van der Waals surface area contributed by atoms with Gasteiger partial charge in [0.15, 0.2) is 0 Å². The highest BCUT2D eigenvalue weighted by Crippen LogP contribution is 2.25. The van der Waals surface area contributed by atoms with E-state index in [0.717, 1.165) is 11.1 Å². The normalized spacial score (nSPS) is 13.0. The average Bonchev–Trinajstić information content (AvgIpc) is 2.85. The molecule has 35 heavy (non-hydrogen) atoms. The number of aryl methyl sites for hydroxylation is 1. The molecule has 0 aliphatic rings. The van der Waals surface area contributed by atoms with Crippen molar-refractivity contribution in [2.45, 2.75) is 44.2 Å². The number of methoxy groups -OCH3 is 1. The van der Waals surface area contributed by atoms with Crippen LogP contribution in [0.3, 0.4) is 0 Å². The molecule has 0 bridgehead atoms. The fourth-order valence-electron chi connectivity index (χ4n) is 3.82. The predicted octanol–water partition coefficient (Wildman–Crippen LogP) is 4.17. The fourth-order valence-corrected chi connectivity index (χ4v) is 5.10. The lowest BCUT2D eigenvalue weighted by molar-refractivity contribution is -0.123. The highest BCUT2D eigenvalue weighted by atomic mass is 32.2. The fraction of sp³-hybridized carbons (Fsp3) is 0.296. The Hall–Kier alpha value is -3.36. The topological polar surface area (TPSA) is 93.7 Å². The van der Waals surface area contributed by atoms with E-state index in [9.17, 15) is 13.2 Å². The molecule has 3 rings (SSSR count). The molecule has 2 atom stereocenters. The second kappa shape index (κ2) is 11.9. The Labute approximate surface area is 207 Å². The Bertz CT molecular complexity index is 1250. The van der Waals surface area contributed by atoms with Crippen LogP contribution >= 0.6 is 0 Å². The van der Waals surface area contributed by atoms with Gasteiger partial charge in [-0.15, -0.1) is 0 Å². The molecule has 1 amide bonds. The Kier molecular flexibility index (Phi) is 8.89. The number of rotatable bonds is 11. The van der Waals surface area contributed by atoms with E-state index in [2.05, 4.69) is 10.0 Å². The zero-order valence-electron chi connectivity index (χ0n) is 20.4. The number of hydrogen-bond donors (Lipinski definition) is 2. The van der Waals surface area contributed by atoms with Crippen molar-refractivity contribution in [3.63, 3.8) is 0 Å². The molecule has 3 aromatic carbocycles. The number of carbonyl (C=O) groups is 1. The highest BCUT2D eigenvalue weighted by molar-refractivity contribution is 7.89. The van der Waals surface area contributed by atoms with E-state index in [0.29, 0.717) is 23.7 Å². The number of nitrogens with one attached hydrogen (secondary N) is 2. The van der Waals surface area contributed by atoms with E-state index in [1.165, 1.54) is 6.07 Å². The van der Waals surface area contributed by atoms with Crippen LogP contribution in [0.1, 0.15) is 36.6 Å². The number of para-hydroxylation sites is 1. The van der Waals surface area contributed by atoms with Gasteiger partial charge in [-0.25, -0.2) is 8.42 Å². The van der Waals surface area contributed by atoms with Crippen molar-refractivity contribution >= 4 is 15.9 Å². The maximum Gasteiger partial charge on any atom is 0.241 e. The molecule has 0 saturated heterocycles. The third-order valence-electron chi connectivity index (χ3n) is 5.62. The summed E-state index contributed by atoms with van der Waals surface area (Å²) in [5, 5.41) is 2.94. The summed E-state index contributed by atoms with van der Waals surface area (Å²) in [6.45, 7) is 5.96. The van der Waals surface area contributed by atoms with E-state index in [1.807, 2.05) is 68.4 Å². The Morgan fingerprint density at radius 1 is 0.971 bits per heavy atom. The number of ether oxygens (including phenoxy) is 2. The summed E-state index contributed by atoms with van der Waals surface area (Å²) in [6, 6.07) is 19.9. The van der Waals surface area contributed by atoms with Gasteiger partial charge >= 0.3 is 0 Å². The van der Waals surface area contributed by atoms with Gasteiger partial charge in [0.25, 0.3) is 0 Å². The lowest BCUT2D eigenvalue weighted by Crippen LogP contribution is -2.48. The number of carbonyl (C=O) groups excluding carboxylic acids is 1. The van der Waals surface area contributed by atoms with Crippen LogP contribution in [-0.2, 0) is 21.2 Å². The zero-order chi connectivity index (χ0) is 25.4. The first-order chi connectivity index (χ1) is 16.7. The standard InChI is InChI=1S/C27H32N2O5S/c1-5-34-25-16-15-22(17-19(25)2)35(31,32)29-24(18-21-11-7-6-8-12-21)27(30)28-20(3)23-13-9-10-14-26(23)33-4/h6-17,20,24,29H,5,18H2,1-4H3,(H,28,30)/t20-,24+/m1/s1. The molecule has 0 heterocycles. The summed E-state index contributed by atoms with van der Waals surface area (Å²) in [7, 11) is -2.42. The van der Waals surface area contributed by atoms with Gasteiger partial charge in [-0.3, -0.25) is 4.79 Å². The van der Waals surface area contributed by atoms with Crippen LogP contribution in [0.5, 0.6) is 11.5 Å². The van der Waals surface area contributed by atoms with Crippen molar-refractivity contribution in [3.8, 4) is 11.5 Å². The molecule has 186 valence electrons. The minimum absolute atomic E-state index is 0.0714. The summed E-state index contributed by atoms with van der Waals surface area (Å²) in [5.74, 6) is 0.833. The first kappa shape index (κ1) is 26.2. The van der Waals surface area contributed by atoms with Crippen LogP contribution in [0, 0.1) is 6.92 Å². The summed E-state index contributed by atoms with van der Waals surface area (Å²) >= 11 is 0. The monoisotopic (exact) mass is 496 g/mol. The van der Waals surface area contributed by atoms with Crippen molar-refractivity contribution in [1.82, 2.24) is 10.0 Å². The first-order valence-corrected chi connectivity index (χ1v) is 13.0. The number of sulfonamides is 1. The van der Waals surface area contributed by atoms with Crippen LogP contribution < -0.4 is 19.5 Å². The molecule has 0 unspecified atom stereocenters. The summed E-state index contributed by atoms with van der Waals surface area (Å²) < 4.78 is 40.1. The van der Waals surface area contributed by atoms with Crippen LogP contribution in [0.15, 0.2) is 77.7 Å². The molecular weight excluding hydrogens is 464 g/mol. The minimum atomic E-state index is -3.98. The van der Waals surface area contributed by atoms with Gasteiger partial charge in [0.2, 0.25) is 15.9 Å². The minimum Gasteiger partial charge on any atom is -0.496 e. The molecule has 0 aromatic heterocycles. The summed E-state index contributed by atoms with van der Waals surface area (Å²) in [5.41, 5.74) is 2.33. The lowest BCUT2D eigenvalue weighted by Gasteiger charge is -2.23. The van der Waals surface area contributed by atoms with Crippen molar-refractivity contribution in [2.75, 3.05) is 13.7 Å². The van der Waals surface area contributed by atoms with E-state index in [1.54, 1.807) is 26.2 Å². The maximum absolute atomic E-state index is 13.3. The molecule has 0 fully saturated rings. The third-order valence-corrected chi connectivity index (χ3v) is 7.09. The van der Waals surface area contributed by atoms with Gasteiger partial charge in [-0.2, -0.15) is 4.72 Å². The molecule has 0 spiro atoms. The predicted molar refractivity (Wildman–Crippen MR) is 136 cm³/mol. The largest absolute Gasteiger partial charge is 0.496 e. The van der Waals surface area contributed by atoms with Gasteiger partial charge in [0.05, 0.1) is 24.7 Å². The SMILES string of the molecule is CCOc1ccc(S(=O)(=O)N[C@@H](Cc2ccccc2)C(=O)N[C@H](C)c2ccccc2OC)cc1C. The van der Waals surface area contributed by atoms with Crippen molar-refractivity contribution < 1.29 is 22.7 Å². The smallest absolute Gasteiger partial charge is 0.241 e. The summed E-state index contributed by atoms with van der Waals surface area (Å²) in [4.78, 5) is 13.4. The van der Waals surface area contributed by atoms with Crippen molar-refractivity contribution in [2.24, 2.45) is 0 Å². The number of benzene rings is 3. The Morgan fingerprint density at radius 3 is 2.31 bits per heavy atom. The zero-order valence-corrected chi connectivity index (χ0v) is 21.3. The average molecular weight is 497 g/mol. The van der Waals surface area contributed by atoms with Crippen molar-refractivity contribution in [3.05, 3.63) is 89.5 Å². The van der Waals surface area contributed by atoms with Gasteiger partial charge in [0, 0.05) is 5.56 Å². The quantitative estimate of drug-likeness (QED) is 0.416. The van der Waals surface area contributed by atoms with Gasteiger partial charge < -0.3 is 14.8 Å². The molecule has 8 heteroatoms. The number of amides is 1. The van der Waals surface area contributed by atoms with E-state index in [4.69, 9.17) is 9.47 Å². The molecule has 2 N–H and O–H groups in total. The van der Waals surface area contributed by atoms with Crippen LogP contribution in [0.2, 0.25) is 0 Å². The lowest BCUT2D eigenvalue weighted by atomic mass is 10.0. The van der Waals surface area contributed by atoms with E-state index in [-0.39, 0.29) is 11.3 Å². The van der Waals surface area contributed by atoms with E-state index >= 15 is 0 Å².